The van der Waals surface area contributed by atoms with Gasteiger partial charge in [-0.3, -0.25) is 0 Å². The highest BCUT2D eigenvalue weighted by Gasteiger charge is 2.26. The lowest BCUT2D eigenvalue weighted by molar-refractivity contribution is -0.0519. The highest BCUT2D eigenvalue weighted by atomic mass is 35.5. The summed E-state index contributed by atoms with van der Waals surface area (Å²) in [5.74, 6) is 0.564. The molecule has 6 nitrogen and oxygen atoms in total. The third kappa shape index (κ3) is 5.70. The second-order valence-corrected chi connectivity index (χ2v) is 5.70. The number of ether oxygens (including phenoxy) is 2. The topological polar surface area (TPSA) is 79.2 Å². The van der Waals surface area contributed by atoms with Gasteiger partial charge in [-0.2, -0.15) is 8.78 Å². The summed E-state index contributed by atoms with van der Waals surface area (Å²) in [6.45, 7) is 1.89. The Kier molecular flexibility index (Phi) is 8.04. The van der Waals surface area contributed by atoms with Crippen molar-refractivity contribution >= 4 is 12.4 Å². The number of nitrogens with one attached hydrogen (secondary N) is 1. The number of hydrogen-bond donors (Lipinski definition) is 1. The number of nitrogens with zero attached hydrogens (tertiary/aromatic N) is 3. The lowest BCUT2D eigenvalue weighted by atomic mass is 9.96. The van der Waals surface area contributed by atoms with Gasteiger partial charge < -0.3 is 14.8 Å². The van der Waals surface area contributed by atoms with Crippen LogP contribution in [0.25, 0.3) is 10.4 Å². The predicted octanol–water partition coefficient (Wildman–Crippen LogP) is 4.25. The first-order valence-corrected chi connectivity index (χ1v) is 7.49. The monoisotopic (exact) mass is 362 g/mol. The van der Waals surface area contributed by atoms with Crippen LogP contribution >= 0.6 is 12.4 Å². The van der Waals surface area contributed by atoms with Crippen LogP contribution < -0.4 is 14.8 Å². The van der Waals surface area contributed by atoms with Gasteiger partial charge in [0.2, 0.25) is 0 Å². The largest absolute Gasteiger partial charge is 0.487 e. The molecule has 0 saturated carbocycles. The van der Waals surface area contributed by atoms with Gasteiger partial charge >= 0.3 is 6.61 Å². The molecule has 1 aromatic rings. The predicted molar refractivity (Wildman–Crippen MR) is 89.2 cm³/mol. The third-order valence-corrected chi connectivity index (χ3v) is 3.61. The Morgan fingerprint density at radius 3 is 2.71 bits per heavy atom. The number of rotatable bonds is 7. The van der Waals surface area contributed by atoms with Crippen LogP contribution in [0.5, 0.6) is 11.5 Å². The van der Waals surface area contributed by atoms with E-state index in [1.807, 2.05) is 13.8 Å². The van der Waals surface area contributed by atoms with Crippen molar-refractivity contribution in [2.24, 2.45) is 5.11 Å². The molecule has 1 N–H and O–H groups in total. The average Bonchev–Trinajstić information content (AvgIpc) is 2.94. The molecule has 1 aliphatic rings. The Balaban J connectivity index is 0.00000288. The van der Waals surface area contributed by atoms with Crippen LogP contribution in [0.3, 0.4) is 0 Å². The molecule has 9 heteroatoms. The summed E-state index contributed by atoms with van der Waals surface area (Å²) < 4.78 is 35.1. The summed E-state index contributed by atoms with van der Waals surface area (Å²) in [7, 11) is 0. The Labute approximate surface area is 145 Å². The van der Waals surface area contributed by atoms with Crippen molar-refractivity contribution in [3.8, 4) is 11.5 Å². The van der Waals surface area contributed by atoms with Crippen LogP contribution in [0.2, 0.25) is 0 Å². The third-order valence-electron chi connectivity index (χ3n) is 3.61. The van der Waals surface area contributed by atoms with E-state index in [2.05, 4.69) is 20.1 Å². The molecule has 0 unspecified atom stereocenters. The van der Waals surface area contributed by atoms with E-state index >= 15 is 0 Å². The molecule has 0 aliphatic carbocycles. The van der Waals surface area contributed by atoms with E-state index in [9.17, 15) is 8.78 Å². The molecular formula is C15H21ClF2N4O2. The quantitative estimate of drug-likeness (QED) is 0.447. The summed E-state index contributed by atoms with van der Waals surface area (Å²) >= 11 is 0. The number of benzene rings is 1. The van der Waals surface area contributed by atoms with Crippen molar-refractivity contribution in [1.82, 2.24) is 5.32 Å². The fourth-order valence-corrected chi connectivity index (χ4v) is 2.67. The zero-order chi connectivity index (χ0) is 16.8. The number of alkyl halides is 2. The zero-order valence-electron chi connectivity index (χ0n) is 13.5. The SMILES string of the molecule is CC(C)Oc1cc([C@H]2CN[C@@H](CN=[N+]=[N-])C2)ccc1OC(F)F.Cl. The lowest BCUT2D eigenvalue weighted by Gasteiger charge is -2.17. The van der Waals surface area contributed by atoms with Crippen LogP contribution in [-0.4, -0.2) is 31.8 Å². The highest BCUT2D eigenvalue weighted by Crippen LogP contribution is 2.35. The lowest BCUT2D eigenvalue weighted by Crippen LogP contribution is -2.23. The standard InChI is InChI=1S/C15H20F2N4O2.ClH/c1-9(2)22-14-6-10(3-4-13(14)23-15(16)17)11-5-12(19-7-11)8-20-21-18;/h3-4,6,9,11-12,15,19H,5,7-8H2,1-2H3;1H/t11-,12-;/m1./s1. The van der Waals surface area contributed by atoms with E-state index < -0.39 is 6.61 Å². The number of hydrogen-bond acceptors (Lipinski definition) is 4. The van der Waals surface area contributed by atoms with Gasteiger partial charge in [-0.1, -0.05) is 11.2 Å². The first-order valence-electron chi connectivity index (χ1n) is 7.49. The molecule has 1 fully saturated rings. The molecule has 2 atom stereocenters. The minimum absolute atomic E-state index is 0. The molecular weight excluding hydrogens is 342 g/mol. The summed E-state index contributed by atoms with van der Waals surface area (Å²) in [5.41, 5.74) is 9.36. The van der Waals surface area contributed by atoms with Gasteiger partial charge in [0.05, 0.1) is 6.10 Å². The molecule has 1 aromatic carbocycles. The number of azide groups is 1. The van der Waals surface area contributed by atoms with Gasteiger partial charge in [0.15, 0.2) is 11.5 Å². The minimum Gasteiger partial charge on any atom is -0.487 e. The van der Waals surface area contributed by atoms with E-state index in [-0.39, 0.29) is 36.2 Å². The van der Waals surface area contributed by atoms with Crippen LogP contribution in [0.4, 0.5) is 8.78 Å². The van der Waals surface area contributed by atoms with Crippen LogP contribution in [0.15, 0.2) is 23.3 Å². The first-order chi connectivity index (χ1) is 11.0. The van der Waals surface area contributed by atoms with Crippen molar-refractivity contribution in [3.63, 3.8) is 0 Å². The Bertz CT molecular complexity index is 583. The summed E-state index contributed by atoms with van der Waals surface area (Å²) in [6.07, 6.45) is 0.666. The molecule has 0 bridgehead atoms. The van der Waals surface area contributed by atoms with E-state index in [0.29, 0.717) is 12.3 Å². The van der Waals surface area contributed by atoms with E-state index in [1.54, 1.807) is 12.1 Å². The Morgan fingerprint density at radius 2 is 2.08 bits per heavy atom. The van der Waals surface area contributed by atoms with E-state index in [1.165, 1.54) is 6.07 Å². The van der Waals surface area contributed by atoms with Crippen molar-refractivity contribution in [2.45, 2.75) is 44.9 Å². The molecule has 2 rings (SSSR count). The fraction of sp³-hybridized carbons (Fsp3) is 0.600. The second kappa shape index (κ2) is 9.52. The summed E-state index contributed by atoms with van der Waals surface area (Å²) in [4.78, 5) is 2.76. The second-order valence-electron chi connectivity index (χ2n) is 5.70. The van der Waals surface area contributed by atoms with Gasteiger partial charge in [0.1, 0.15) is 0 Å². The summed E-state index contributed by atoms with van der Waals surface area (Å²) in [6, 6.07) is 5.16. The van der Waals surface area contributed by atoms with Crippen molar-refractivity contribution in [1.29, 1.82) is 0 Å². The van der Waals surface area contributed by atoms with E-state index in [0.717, 1.165) is 18.5 Å². The Hall–Kier alpha value is -1.76. The maximum absolute atomic E-state index is 12.5. The Morgan fingerprint density at radius 1 is 1.33 bits per heavy atom. The molecule has 0 radical (unpaired) electrons. The first kappa shape index (κ1) is 20.3. The highest BCUT2D eigenvalue weighted by molar-refractivity contribution is 5.85. The van der Waals surface area contributed by atoms with Crippen molar-refractivity contribution in [2.75, 3.05) is 13.1 Å². The smallest absolute Gasteiger partial charge is 0.387 e. The van der Waals surface area contributed by atoms with Gasteiger partial charge in [-0.15, -0.1) is 12.4 Å². The van der Waals surface area contributed by atoms with Crippen molar-refractivity contribution in [3.05, 3.63) is 34.2 Å². The van der Waals surface area contributed by atoms with Crippen molar-refractivity contribution < 1.29 is 18.3 Å². The van der Waals surface area contributed by atoms with Gasteiger partial charge in [-0.05, 0) is 49.4 Å². The molecule has 0 aromatic heterocycles. The average molecular weight is 363 g/mol. The summed E-state index contributed by atoms with van der Waals surface area (Å²) in [5, 5.41) is 6.87. The zero-order valence-corrected chi connectivity index (χ0v) is 14.3. The molecule has 0 spiro atoms. The molecule has 1 heterocycles. The molecule has 134 valence electrons. The normalized spacial score (nSPS) is 19.8. The number of halogens is 3. The maximum atomic E-state index is 12.5. The fourth-order valence-electron chi connectivity index (χ4n) is 2.67. The molecule has 24 heavy (non-hydrogen) atoms. The maximum Gasteiger partial charge on any atom is 0.387 e. The van der Waals surface area contributed by atoms with Gasteiger partial charge in [0.25, 0.3) is 0 Å². The van der Waals surface area contributed by atoms with Gasteiger partial charge in [-0.25, -0.2) is 0 Å². The van der Waals surface area contributed by atoms with Crippen LogP contribution in [0, 0.1) is 0 Å². The minimum atomic E-state index is -2.89. The van der Waals surface area contributed by atoms with Gasteiger partial charge in [0, 0.05) is 24.0 Å². The molecule has 1 aliphatic heterocycles. The van der Waals surface area contributed by atoms with Crippen LogP contribution in [0.1, 0.15) is 31.7 Å². The molecule has 1 saturated heterocycles. The van der Waals surface area contributed by atoms with Crippen LogP contribution in [-0.2, 0) is 0 Å². The van der Waals surface area contributed by atoms with E-state index in [4.69, 9.17) is 10.3 Å². The molecule has 0 amide bonds.